The van der Waals surface area contributed by atoms with Crippen LogP contribution in [0.4, 0.5) is 11.4 Å². The van der Waals surface area contributed by atoms with Crippen molar-refractivity contribution < 1.29 is 9.59 Å². The number of nitrogens with zero attached hydrogens (tertiary/aromatic N) is 1. The van der Waals surface area contributed by atoms with Gasteiger partial charge in [-0.3, -0.25) is 14.5 Å². The van der Waals surface area contributed by atoms with Gasteiger partial charge in [0.2, 0.25) is 11.8 Å². The van der Waals surface area contributed by atoms with Crippen molar-refractivity contribution in [3.8, 4) is 0 Å². The summed E-state index contributed by atoms with van der Waals surface area (Å²) in [6, 6.07) is 6.65. The van der Waals surface area contributed by atoms with Crippen LogP contribution < -0.4 is 10.6 Å². The molecule has 2 N–H and O–H groups in total. The number of nitrogen functional groups attached to an aromatic ring is 1. The molecule has 0 bridgehead atoms. The molecule has 0 unspecified atom stereocenters. The number of benzene rings is 1. The van der Waals surface area contributed by atoms with Crippen molar-refractivity contribution in [1.82, 2.24) is 0 Å². The van der Waals surface area contributed by atoms with E-state index in [2.05, 4.69) is 0 Å². The van der Waals surface area contributed by atoms with Crippen LogP contribution in [0, 0.1) is 0 Å². The van der Waals surface area contributed by atoms with Gasteiger partial charge in [0.05, 0.1) is 5.69 Å². The van der Waals surface area contributed by atoms with E-state index >= 15 is 0 Å². The Morgan fingerprint density at radius 3 is 2.21 bits per heavy atom. The van der Waals surface area contributed by atoms with Crippen LogP contribution in [0.3, 0.4) is 0 Å². The second-order valence-electron chi connectivity index (χ2n) is 2.97. The minimum Gasteiger partial charge on any atom is -0.399 e. The predicted molar refractivity (Wildman–Crippen MR) is 54.7 cm³/mol. The molecular weight excluding hydrogens is 180 g/mol. The van der Waals surface area contributed by atoms with Crippen LogP contribution in [0.1, 0.15) is 13.8 Å². The van der Waals surface area contributed by atoms with Gasteiger partial charge >= 0.3 is 0 Å². The van der Waals surface area contributed by atoms with Gasteiger partial charge in [-0.25, -0.2) is 0 Å². The number of nitrogens with two attached hydrogens (primary N) is 1. The van der Waals surface area contributed by atoms with E-state index in [1.165, 1.54) is 13.8 Å². The van der Waals surface area contributed by atoms with Crippen LogP contribution in [0.2, 0.25) is 0 Å². The average Bonchev–Trinajstić information content (AvgIpc) is 2.02. The largest absolute Gasteiger partial charge is 0.399 e. The highest BCUT2D eigenvalue weighted by molar-refractivity contribution is 6.13. The fourth-order valence-electron chi connectivity index (χ4n) is 1.25. The fourth-order valence-corrected chi connectivity index (χ4v) is 1.25. The first kappa shape index (κ1) is 10.2. The number of rotatable bonds is 1. The molecule has 74 valence electrons. The van der Waals surface area contributed by atoms with Gasteiger partial charge in [0.25, 0.3) is 0 Å². The van der Waals surface area contributed by atoms with Gasteiger partial charge in [-0.1, -0.05) is 6.07 Å². The number of carbonyl (C=O) groups excluding carboxylic acids is 2. The molecule has 0 spiro atoms. The maximum atomic E-state index is 11.2. The second-order valence-corrected chi connectivity index (χ2v) is 2.97. The van der Waals surface area contributed by atoms with Crippen molar-refractivity contribution in [3.63, 3.8) is 0 Å². The monoisotopic (exact) mass is 192 g/mol. The molecule has 4 nitrogen and oxygen atoms in total. The first-order chi connectivity index (χ1) is 6.52. The zero-order chi connectivity index (χ0) is 10.7. The molecule has 0 aliphatic heterocycles. The number of amides is 2. The standard InChI is InChI=1S/C10H12N2O2/c1-7(13)12(8(2)14)10-5-3-4-9(11)6-10/h3-6H,11H2,1-2H3. The van der Waals surface area contributed by atoms with Crippen molar-refractivity contribution >= 4 is 23.2 Å². The van der Waals surface area contributed by atoms with E-state index in [1.54, 1.807) is 24.3 Å². The second kappa shape index (κ2) is 3.91. The van der Waals surface area contributed by atoms with Gasteiger partial charge in [0.1, 0.15) is 0 Å². The minimum atomic E-state index is -0.317. The Bertz CT molecular complexity index is 360. The number of imide groups is 1. The molecule has 0 atom stereocenters. The third kappa shape index (κ3) is 2.10. The van der Waals surface area contributed by atoms with Gasteiger partial charge in [-0.05, 0) is 18.2 Å². The summed E-state index contributed by atoms with van der Waals surface area (Å²) in [5, 5.41) is 0. The lowest BCUT2D eigenvalue weighted by molar-refractivity contribution is -0.124. The van der Waals surface area contributed by atoms with Crippen molar-refractivity contribution in [1.29, 1.82) is 0 Å². The summed E-state index contributed by atoms with van der Waals surface area (Å²) in [7, 11) is 0. The molecule has 4 heteroatoms. The van der Waals surface area contributed by atoms with E-state index in [4.69, 9.17) is 5.73 Å². The van der Waals surface area contributed by atoms with Crippen molar-refractivity contribution in [2.75, 3.05) is 10.6 Å². The predicted octanol–water partition coefficient (Wildman–Crippen LogP) is 1.17. The Balaban J connectivity index is 3.12. The summed E-state index contributed by atoms with van der Waals surface area (Å²) < 4.78 is 0. The van der Waals surface area contributed by atoms with Crippen molar-refractivity contribution in [2.45, 2.75) is 13.8 Å². The van der Waals surface area contributed by atoms with Crippen LogP contribution in [0.5, 0.6) is 0 Å². The molecule has 0 aromatic heterocycles. The molecule has 0 saturated carbocycles. The van der Waals surface area contributed by atoms with Gasteiger partial charge in [0.15, 0.2) is 0 Å². The quantitative estimate of drug-likeness (QED) is 0.679. The lowest BCUT2D eigenvalue weighted by Gasteiger charge is -2.17. The van der Waals surface area contributed by atoms with E-state index in [0.29, 0.717) is 11.4 Å². The molecule has 0 aliphatic rings. The van der Waals surface area contributed by atoms with Gasteiger partial charge in [-0.15, -0.1) is 0 Å². The van der Waals surface area contributed by atoms with E-state index in [-0.39, 0.29) is 11.8 Å². The van der Waals surface area contributed by atoms with Crippen LogP contribution in [0.25, 0.3) is 0 Å². The van der Waals surface area contributed by atoms with E-state index in [1.807, 2.05) is 0 Å². The molecular formula is C10H12N2O2. The van der Waals surface area contributed by atoms with Crippen LogP contribution in [0.15, 0.2) is 24.3 Å². The lowest BCUT2D eigenvalue weighted by Crippen LogP contribution is -2.32. The topological polar surface area (TPSA) is 63.4 Å². The molecule has 0 heterocycles. The van der Waals surface area contributed by atoms with E-state index in [0.717, 1.165) is 4.90 Å². The molecule has 0 fully saturated rings. The highest BCUT2D eigenvalue weighted by Crippen LogP contribution is 2.17. The van der Waals surface area contributed by atoms with Crippen LogP contribution in [-0.4, -0.2) is 11.8 Å². The lowest BCUT2D eigenvalue weighted by atomic mass is 10.2. The molecule has 0 saturated heterocycles. The zero-order valence-corrected chi connectivity index (χ0v) is 8.15. The Labute approximate surface area is 82.3 Å². The number of anilines is 2. The maximum absolute atomic E-state index is 11.2. The number of hydrogen-bond acceptors (Lipinski definition) is 3. The summed E-state index contributed by atoms with van der Waals surface area (Å²) in [4.78, 5) is 23.4. The van der Waals surface area contributed by atoms with Gasteiger partial charge < -0.3 is 5.73 Å². The average molecular weight is 192 g/mol. The molecule has 1 aromatic rings. The van der Waals surface area contributed by atoms with Crippen molar-refractivity contribution in [3.05, 3.63) is 24.3 Å². The maximum Gasteiger partial charge on any atom is 0.230 e. The Kier molecular flexibility index (Phi) is 2.86. The molecule has 14 heavy (non-hydrogen) atoms. The Morgan fingerprint density at radius 1 is 1.21 bits per heavy atom. The normalized spacial score (nSPS) is 9.57. The van der Waals surface area contributed by atoms with Gasteiger partial charge in [-0.2, -0.15) is 0 Å². The molecule has 2 amide bonds. The van der Waals surface area contributed by atoms with Crippen molar-refractivity contribution in [2.24, 2.45) is 0 Å². The highest BCUT2D eigenvalue weighted by atomic mass is 16.2. The van der Waals surface area contributed by atoms with Gasteiger partial charge in [0, 0.05) is 19.5 Å². The molecule has 0 aliphatic carbocycles. The first-order valence-electron chi connectivity index (χ1n) is 4.19. The van der Waals surface area contributed by atoms with Crippen LogP contribution in [-0.2, 0) is 9.59 Å². The first-order valence-corrected chi connectivity index (χ1v) is 4.19. The Morgan fingerprint density at radius 2 is 1.79 bits per heavy atom. The number of carbonyl (C=O) groups is 2. The van der Waals surface area contributed by atoms with E-state index < -0.39 is 0 Å². The smallest absolute Gasteiger partial charge is 0.230 e. The highest BCUT2D eigenvalue weighted by Gasteiger charge is 2.15. The summed E-state index contributed by atoms with van der Waals surface area (Å²) in [6.07, 6.45) is 0. The number of hydrogen-bond donors (Lipinski definition) is 1. The molecule has 0 radical (unpaired) electrons. The summed E-state index contributed by atoms with van der Waals surface area (Å²) in [5.41, 5.74) is 6.58. The third-order valence-corrected chi connectivity index (χ3v) is 1.76. The van der Waals surface area contributed by atoms with Crippen LogP contribution >= 0.6 is 0 Å². The minimum absolute atomic E-state index is 0.317. The summed E-state index contributed by atoms with van der Waals surface area (Å²) in [5.74, 6) is -0.633. The summed E-state index contributed by atoms with van der Waals surface area (Å²) >= 11 is 0. The summed E-state index contributed by atoms with van der Waals surface area (Å²) in [6.45, 7) is 2.68. The zero-order valence-electron chi connectivity index (χ0n) is 8.15. The van der Waals surface area contributed by atoms with E-state index in [9.17, 15) is 9.59 Å². The Hall–Kier alpha value is -1.84. The molecule has 1 aromatic carbocycles. The SMILES string of the molecule is CC(=O)N(C(C)=O)c1cccc(N)c1. The third-order valence-electron chi connectivity index (χ3n) is 1.76. The molecule has 1 rings (SSSR count). The fraction of sp³-hybridized carbons (Fsp3) is 0.200.